The van der Waals surface area contributed by atoms with E-state index in [4.69, 9.17) is 4.74 Å². The van der Waals surface area contributed by atoms with Gasteiger partial charge in [0, 0.05) is 24.5 Å². The summed E-state index contributed by atoms with van der Waals surface area (Å²) >= 11 is 0. The summed E-state index contributed by atoms with van der Waals surface area (Å²) in [6, 6.07) is 11.6. The molecule has 1 N–H and O–H groups in total. The molecule has 4 aromatic rings. The molecule has 0 aliphatic rings. The van der Waals surface area contributed by atoms with Crippen molar-refractivity contribution in [1.29, 1.82) is 0 Å². The molecule has 0 saturated carbocycles. The van der Waals surface area contributed by atoms with Gasteiger partial charge >= 0.3 is 6.18 Å². The maximum absolute atomic E-state index is 14.3. The molecule has 0 atom stereocenters. The summed E-state index contributed by atoms with van der Waals surface area (Å²) in [7, 11) is 1.29. The summed E-state index contributed by atoms with van der Waals surface area (Å²) in [4.78, 5) is 12.6. The molecule has 0 aliphatic heterocycles. The fourth-order valence-corrected chi connectivity index (χ4v) is 3.68. The molecule has 4 rings (SSSR count). The zero-order chi connectivity index (χ0) is 25.9. The van der Waals surface area contributed by atoms with Gasteiger partial charge in [0.2, 0.25) is 0 Å². The van der Waals surface area contributed by atoms with E-state index < -0.39 is 29.2 Å². The van der Waals surface area contributed by atoms with Gasteiger partial charge in [0.15, 0.2) is 17.3 Å². The Labute approximate surface area is 204 Å². The molecule has 7 nitrogen and oxygen atoms in total. The summed E-state index contributed by atoms with van der Waals surface area (Å²) in [5.41, 5.74) is 0.849. The highest BCUT2D eigenvalue weighted by molar-refractivity contribution is 5.95. The number of alkyl halides is 3. The average Bonchev–Trinajstić information content (AvgIpc) is 3.45. The SMILES string of the molecule is COc1cccc(CNC(=O)c2cn(Cc3ccc(Cn4cc(C)cn4)cc3)nc2C(F)(F)F)c1F. The number of methoxy groups -OCH3 is 1. The lowest BCUT2D eigenvalue weighted by molar-refractivity contribution is -0.141. The lowest BCUT2D eigenvalue weighted by atomic mass is 10.1. The summed E-state index contributed by atoms with van der Waals surface area (Å²) in [6.07, 6.45) is -0.137. The predicted octanol–water partition coefficient (Wildman–Crippen LogP) is 4.58. The molecule has 2 aromatic heterocycles. The van der Waals surface area contributed by atoms with Crippen molar-refractivity contribution in [2.24, 2.45) is 0 Å². The highest BCUT2D eigenvalue weighted by Crippen LogP contribution is 2.31. The zero-order valence-electron chi connectivity index (χ0n) is 19.5. The van der Waals surface area contributed by atoms with Crippen LogP contribution in [0.1, 0.15) is 38.3 Å². The van der Waals surface area contributed by atoms with Gasteiger partial charge < -0.3 is 10.1 Å². The third kappa shape index (κ3) is 5.73. The van der Waals surface area contributed by atoms with E-state index in [-0.39, 0.29) is 24.4 Å². The molecule has 0 saturated heterocycles. The van der Waals surface area contributed by atoms with Gasteiger partial charge in [-0.25, -0.2) is 4.39 Å². The van der Waals surface area contributed by atoms with Crippen LogP contribution in [0.2, 0.25) is 0 Å². The fraction of sp³-hybridized carbons (Fsp3) is 0.240. The van der Waals surface area contributed by atoms with Crippen LogP contribution in [0.15, 0.2) is 61.1 Å². The van der Waals surface area contributed by atoms with Crippen LogP contribution in [0.4, 0.5) is 17.6 Å². The molecule has 0 bridgehead atoms. The predicted molar refractivity (Wildman–Crippen MR) is 123 cm³/mol. The van der Waals surface area contributed by atoms with Crippen molar-refractivity contribution in [3.63, 3.8) is 0 Å². The van der Waals surface area contributed by atoms with Gasteiger partial charge in [0.1, 0.15) is 0 Å². The monoisotopic (exact) mass is 501 g/mol. The number of benzene rings is 2. The van der Waals surface area contributed by atoms with Gasteiger partial charge in [0.25, 0.3) is 5.91 Å². The van der Waals surface area contributed by atoms with E-state index >= 15 is 0 Å². The Kier molecular flexibility index (Phi) is 7.09. The number of hydrogen-bond donors (Lipinski definition) is 1. The van der Waals surface area contributed by atoms with Crippen molar-refractivity contribution < 1.29 is 27.1 Å². The summed E-state index contributed by atoms with van der Waals surface area (Å²) in [6.45, 7) is 2.22. The molecule has 0 radical (unpaired) electrons. The lowest BCUT2D eigenvalue weighted by Gasteiger charge is -2.09. The molecule has 188 valence electrons. The number of carbonyl (C=O) groups is 1. The number of hydrogen-bond acceptors (Lipinski definition) is 4. The van der Waals surface area contributed by atoms with E-state index in [1.807, 2.05) is 25.3 Å². The van der Waals surface area contributed by atoms with Gasteiger partial charge in [-0.1, -0.05) is 36.4 Å². The Morgan fingerprint density at radius 3 is 2.28 bits per heavy atom. The van der Waals surface area contributed by atoms with Crippen LogP contribution in [0.25, 0.3) is 0 Å². The number of ether oxygens (including phenoxy) is 1. The first-order chi connectivity index (χ1) is 17.1. The lowest BCUT2D eigenvalue weighted by Crippen LogP contribution is -2.25. The minimum Gasteiger partial charge on any atom is -0.494 e. The first-order valence-electron chi connectivity index (χ1n) is 10.9. The Bertz CT molecular complexity index is 1360. The second-order valence-corrected chi connectivity index (χ2v) is 8.23. The Hall–Kier alpha value is -4.15. The van der Waals surface area contributed by atoms with Crippen molar-refractivity contribution in [2.75, 3.05) is 7.11 Å². The molecule has 0 unspecified atom stereocenters. The molecule has 2 heterocycles. The van der Waals surface area contributed by atoms with Gasteiger partial charge in [-0.3, -0.25) is 14.2 Å². The Morgan fingerprint density at radius 2 is 1.69 bits per heavy atom. The fourth-order valence-electron chi connectivity index (χ4n) is 3.68. The number of aryl methyl sites for hydroxylation is 1. The van der Waals surface area contributed by atoms with E-state index in [0.717, 1.165) is 22.0 Å². The second kappa shape index (κ2) is 10.2. The minimum atomic E-state index is -4.84. The van der Waals surface area contributed by atoms with Crippen molar-refractivity contribution in [2.45, 2.75) is 32.7 Å². The quantitative estimate of drug-likeness (QED) is 0.359. The maximum Gasteiger partial charge on any atom is 0.435 e. The molecule has 1 amide bonds. The number of carbonyl (C=O) groups excluding carboxylic acids is 1. The second-order valence-electron chi connectivity index (χ2n) is 8.23. The number of aromatic nitrogens is 4. The van der Waals surface area contributed by atoms with Crippen LogP contribution < -0.4 is 10.1 Å². The van der Waals surface area contributed by atoms with Crippen LogP contribution >= 0.6 is 0 Å². The van der Waals surface area contributed by atoms with E-state index in [1.165, 1.54) is 25.3 Å². The van der Waals surface area contributed by atoms with Crippen molar-refractivity contribution >= 4 is 5.91 Å². The molecular formula is C25H23F4N5O2. The third-order valence-electron chi connectivity index (χ3n) is 5.45. The van der Waals surface area contributed by atoms with Gasteiger partial charge in [-0.05, 0) is 29.7 Å². The maximum atomic E-state index is 14.3. The normalized spacial score (nSPS) is 11.5. The number of rotatable bonds is 8. The molecule has 0 fully saturated rings. The Morgan fingerprint density at radius 1 is 1.03 bits per heavy atom. The first kappa shape index (κ1) is 25.0. The highest BCUT2D eigenvalue weighted by atomic mass is 19.4. The van der Waals surface area contributed by atoms with Crippen LogP contribution in [-0.2, 0) is 25.8 Å². The highest BCUT2D eigenvalue weighted by Gasteiger charge is 2.39. The Balaban J connectivity index is 1.48. The molecule has 36 heavy (non-hydrogen) atoms. The zero-order valence-corrected chi connectivity index (χ0v) is 19.5. The largest absolute Gasteiger partial charge is 0.494 e. The number of nitrogens with zero attached hydrogens (tertiary/aromatic N) is 4. The van der Waals surface area contributed by atoms with Crippen LogP contribution in [0.3, 0.4) is 0 Å². The van der Waals surface area contributed by atoms with Crippen LogP contribution in [0, 0.1) is 12.7 Å². The first-order valence-corrected chi connectivity index (χ1v) is 10.9. The number of amides is 1. The third-order valence-corrected chi connectivity index (χ3v) is 5.45. The summed E-state index contributed by atoms with van der Waals surface area (Å²) in [5, 5.41) is 10.2. The minimum absolute atomic E-state index is 0.0298. The van der Waals surface area contributed by atoms with E-state index in [2.05, 4.69) is 15.5 Å². The number of halogens is 4. The van der Waals surface area contributed by atoms with Gasteiger partial charge in [0.05, 0.1) is 32.0 Å². The van der Waals surface area contributed by atoms with Crippen molar-refractivity contribution in [3.05, 3.63) is 100 Å². The number of nitrogens with one attached hydrogen (secondary N) is 1. The smallest absolute Gasteiger partial charge is 0.435 e. The average molecular weight is 501 g/mol. The van der Waals surface area contributed by atoms with Crippen molar-refractivity contribution in [3.8, 4) is 5.75 Å². The van der Waals surface area contributed by atoms with E-state index in [9.17, 15) is 22.4 Å². The topological polar surface area (TPSA) is 74.0 Å². The van der Waals surface area contributed by atoms with E-state index in [0.29, 0.717) is 12.1 Å². The van der Waals surface area contributed by atoms with Gasteiger partial charge in [-0.15, -0.1) is 0 Å². The summed E-state index contributed by atoms with van der Waals surface area (Å²) in [5.74, 6) is -1.74. The molecule has 0 spiro atoms. The van der Waals surface area contributed by atoms with Gasteiger partial charge in [-0.2, -0.15) is 23.4 Å². The van der Waals surface area contributed by atoms with Crippen LogP contribution in [-0.4, -0.2) is 32.6 Å². The molecule has 2 aromatic carbocycles. The summed E-state index contributed by atoms with van der Waals surface area (Å²) < 4.78 is 62.9. The van der Waals surface area contributed by atoms with Crippen molar-refractivity contribution in [1.82, 2.24) is 24.9 Å². The molecule has 11 heteroatoms. The van der Waals surface area contributed by atoms with Crippen LogP contribution in [0.5, 0.6) is 5.75 Å². The molecular weight excluding hydrogens is 478 g/mol. The van der Waals surface area contributed by atoms with E-state index in [1.54, 1.807) is 23.0 Å². The standard InChI is InChI=1S/C25H23F4N5O2/c1-16-10-31-33(12-16)13-17-6-8-18(9-7-17)14-34-15-20(23(32-34)25(27,28)29)24(35)30-11-19-4-3-5-21(36-2)22(19)26/h3-10,12,15H,11,13-14H2,1-2H3,(H,30,35). The molecule has 0 aliphatic carbocycles.